The number of hydrogen-bond acceptors (Lipinski definition) is 3. The molecule has 0 unspecified atom stereocenters. The van der Waals surface area contributed by atoms with Gasteiger partial charge in [0, 0.05) is 43.7 Å². The van der Waals surface area contributed by atoms with Gasteiger partial charge in [0.05, 0.1) is 5.69 Å². The van der Waals surface area contributed by atoms with Crippen LogP contribution in [0.4, 0.5) is 5.82 Å². The molecule has 1 aliphatic carbocycles. The third kappa shape index (κ3) is 1.67. The van der Waals surface area contributed by atoms with Gasteiger partial charge in [0.25, 0.3) is 0 Å². The quantitative estimate of drug-likeness (QED) is 0.694. The Balaban J connectivity index is 1.76. The van der Waals surface area contributed by atoms with Crippen LogP contribution in [-0.2, 0) is 6.42 Å². The summed E-state index contributed by atoms with van der Waals surface area (Å²) in [6.45, 7) is 6.34. The number of aromatic amines is 1. The van der Waals surface area contributed by atoms with Crippen LogP contribution in [0, 0.1) is 6.92 Å². The SMILES string of the molecule is Cc1ccc2c(c1)-c1[nH]nc(N3CCNCC3)c1C2. The molecular weight excluding hydrogens is 236 g/mol. The third-order valence-corrected chi connectivity index (χ3v) is 4.16. The van der Waals surface area contributed by atoms with E-state index in [4.69, 9.17) is 0 Å². The Hall–Kier alpha value is -1.81. The van der Waals surface area contributed by atoms with Gasteiger partial charge in [0.1, 0.15) is 0 Å². The van der Waals surface area contributed by atoms with Gasteiger partial charge in [-0.2, -0.15) is 5.10 Å². The summed E-state index contributed by atoms with van der Waals surface area (Å²) in [5.74, 6) is 1.16. The standard InChI is InChI=1S/C15H18N4/c1-10-2-3-11-9-13-14(12(11)8-10)17-18-15(13)19-6-4-16-5-7-19/h2-3,8,16H,4-7,9H2,1H3,(H,17,18). The molecule has 1 aliphatic heterocycles. The van der Waals surface area contributed by atoms with E-state index in [-0.39, 0.29) is 0 Å². The highest BCUT2D eigenvalue weighted by atomic mass is 15.3. The number of rotatable bonds is 1. The van der Waals surface area contributed by atoms with Gasteiger partial charge in [-0.15, -0.1) is 0 Å². The van der Waals surface area contributed by atoms with E-state index in [1.807, 2.05) is 0 Å². The van der Waals surface area contributed by atoms with E-state index in [2.05, 4.69) is 45.5 Å². The average Bonchev–Trinajstić information content (AvgIpc) is 2.99. The largest absolute Gasteiger partial charge is 0.352 e. The van der Waals surface area contributed by atoms with E-state index in [1.54, 1.807) is 0 Å². The van der Waals surface area contributed by atoms with Gasteiger partial charge in [-0.05, 0) is 18.6 Å². The second kappa shape index (κ2) is 4.10. The number of benzene rings is 1. The summed E-state index contributed by atoms with van der Waals surface area (Å²) in [5, 5.41) is 11.2. The molecule has 2 aromatic rings. The Kier molecular flexibility index (Phi) is 2.38. The van der Waals surface area contributed by atoms with Crippen LogP contribution in [0.2, 0.25) is 0 Å². The molecule has 0 atom stereocenters. The van der Waals surface area contributed by atoms with E-state index in [1.165, 1.54) is 27.9 Å². The number of nitrogens with one attached hydrogen (secondary N) is 2. The lowest BCUT2D eigenvalue weighted by molar-refractivity contribution is 0.583. The molecule has 19 heavy (non-hydrogen) atoms. The van der Waals surface area contributed by atoms with Crippen LogP contribution in [0.1, 0.15) is 16.7 Å². The Morgan fingerprint density at radius 1 is 1.21 bits per heavy atom. The topological polar surface area (TPSA) is 44.0 Å². The van der Waals surface area contributed by atoms with Gasteiger partial charge in [0.2, 0.25) is 0 Å². The number of H-pyrrole nitrogens is 1. The lowest BCUT2D eigenvalue weighted by atomic mass is 10.1. The fourth-order valence-corrected chi connectivity index (χ4v) is 3.15. The van der Waals surface area contributed by atoms with Crippen LogP contribution in [0.3, 0.4) is 0 Å². The summed E-state index contributed by atoms with van der Waals surface area (Å²) in [4.78, 5) is 2.39. The summed E-state index contributed by atoms with van der Waals surface area (Å²) in [6.07, 6.45) is 1.01. The first-order chi connectivity index (χ1) is 9.33. The molecule has 2 heterocycles. The number of anilines is 1. The second-order valence-electron chi connectivity index (χ2n) is 5.48. The molecule has 4 nitrogen and oxygen atoms in total. The number of aryl methyl sites for hydroxylation is 1. The Morgan fingerprint density at radius 3 is 2.89 bits per heavy atom. The van der Waals surface area contributed by atoms with Crippen LogP contribution in [-0.4, -0.2) is 36.4 Å². The Labute approximate surface area is 112 Å². The summed E-state index contributed by atoms with van der Waals surface area (Å²) >= 11 is 0. The van der Waals surface area contributed by atoms with Crippen LogP contribution in [0.25, 0.3) is 11.3 Å². The molecule has 0 saturated carbocycles. The van der Waals surface area contributed by atoms with E-state index in [9.17, 15) is 0 Å². The highest BCUT2D eigenvalue weighted by Gasteiger charge is 2.27. The zero-order chi connectivity index (χ0) is 12.8. The molecule has 4 heteroatoms. The van der Waals surface area contributed by atoms with Gasteiger partial charge in [-0.1, -0.05) is 17.7 Å². The molecule has 0 amide bonds. The monoisotopic (exact) mass is 254 g/mol. The maximum absolute atomic E-state index is 4.56. The van der Waals surface area contributed by atoms with Crippen molar-refractivity contribution >= 4 is 5.82 Å². The van der Waals surface area contributed by atoms with Crippen molar-refractivity contribution < 1.29 is 0 Å². The van der Waals surface area contributed by atoms with Crippen molar-refractivity contribution in [2.45, 2.75) is 13.3 Å². The van der Waals surface area contributed by atoms with Gasteiger partial charge in [-0.25, -0.2) is 0 Å². The normalized spacial score (nSPS) is 17.4. The molecule has 1 saturated heterocycles. The van der Waals surface area contributed by atoms with Crippen LogP contribution >= 0.6 is 0 Å². The van der Waals surface area contributed by atoms with Crippen molar-refractivity contribution in [3.05, 3.63) is 34.9 Å². The number of hydrogen-bond donors (Lipinski definition) is 2. The van der Waals surface area contributed by atoms with Crippen LogP contribution in [0.5, 0.6) is 0 Å². The average molecular weight is 254 g/mol. The third-order valence-electron chi connectivity index (χ3n) is 4.16. The number of nitrogens with zero attached hydrogens (tertiary/aromatic N) is 2. The van der Waals surface area contributed by atoms with Crippen molar-refractivity contribution in [1.82, 2.24) is 15.5 Å². The molecule has 0 bridgehead atoms. The molecular formula is C15H18N4. The fourth-order valence-electron chi connectivity index (χ4n) is 3.15. The van der Waals surface area contributed by atoms with Crippen LogP contribution < -0.4 is 10.2 Å². The summed E-state index contributed by atoms with van der Waals surface area (Å²) in [7, 11) is 0. The molecule has 98 valence electrons. The lowest BCUT2D eigenvalue weighted by Crippen LogP contribution is -2.44. The van der Waals surface area contributed by atoms with Crippen molar-refractivity contribution in [1.29, 1.82) is 0 Å². The lowest BCUT2D eigenvalue weighted by Gasteiger charge is -2.28. The minimum atomic E-state index is 1.01. The van der Waals surface area contributed by atoms with Crippen LogP contribution in [0.15, 0.2) is 18.2 Å². The minimum absolute atomic E-state index is 1.01. The minimum Gasteiger partial charge on any atom is -0.352 e. The molecule has 1 fully saturated rings. The number of piperazine rings is 1. The molecule has 2 N–H and O–H groups in total. The van der Waals surface area contributed by atoms with Crippen molar-refractivity contribution in [3.8, 4) is 11.3 Å². The van der Waals surface area contributed by atoms with E-state index < -0.39 is 0 Å². The van der Waals surface area contributed by atoms with Gasteiger partial charge >= 0.3 is 0 Å². The van der Waals surface area contributed by atoms with E-state index >= 15 is 0 Å². The molecule has 0 spiro atoms. The zero-order valence-electron chi connectivity index (χ0n) is 11.2. The van der Waals surface area contributed by atoms with Gasteiger partial charge in [-0.3, -0.25) is 5.10 Å². The summed E-state index contributed by atoms with van der Waals surface area (Å²) < 4.78 is 0. The predicted molar refractivity (Wildman–Crippen MR) is 76.6 cm³/mol. The molecule has 2 aliphatic rings. The first-order valence-corrected chi connectivity index (χ1v) is 6.96. The maximum atomic E-state index is 4.56. The maximum Gasteiger partial charge on any atom is 0.154 e. The van der Waals surface area contributed by atoms with Crippen molar-refractivity contribution in [2.75, 3.05) is 31.1 Å². The molecule has 0 radical (unpaired) electrons. The molecule has 4 rings (SSSR count). The van der Waals surface area contributed by atoms with Crippen molar-refractivity contribution in [2.24, 2.45) is 0 Å². The molecule has 1 aromatic heterocycles. The van der Waals surface area contributed by atoms with E-state index in [0.717, 1.165) is 38.4 Å². The highest BCUT2D eigenvalue weighted by Crippen LogP contribution is 2.40. The smallest absolute Gasteiger partial charge is 0.154 e. The van der Waals surface area contributed by atoms with Gasteiger partial charge in [0.15, 0.2) is 5.82 Å². The Morgan fingerprint density at radius 2 is 2.05 bits per heavy atom. The number of aromatic nitrogens is 2. The number of fused-ring (bicyclic) bond motifs is 3. The Bertz CT molecular complexity index is 623. The van der Waals surface area contributed by atoms with Gasteiger partial charge < -0.3 is 10.2 Å². The fraction of sp³-hybridized carbons (Fsp3) is 0.400. The summed E-state index contributed by atoms with van der Waals surface area (Å²) in [6, 6.07) is 6.71. The first kappa shape index (κ1) is 11.1. The first-order valence-electron chi connectivity index (χ1n) is 6.96. The summed E-state index contributed by atoms with van der Waals surface area (Å²) in [5.41, 5.74) is 6.68. The highest BCUT2D eigenvalue weighted by molar-refractivity contribution is 5.78. The van der Waals surface area contributed by atoms with E-state index in [0.29, 0.717) is 0 Å². The predicted octanol–water partition coefficient (Wildman–Crippen LogP) is 1.70. The second-order valence-corrected chi connectivity index (χ2v) is 5.48. The van der Waals surface area contributed by atoms with Crippen molar-refractivity contribution in [3.63, 3.8) is 0 Å². The zero-order valence-corrected chi connectivity index (χ0v) is 11.2. The molecule has 1 aromatic carbocycles.